The van der Waals surface area contributed by atoms with Crippen molar-refractivity contribution < 1.29 is 14.3 Å². The minimum atomic E-state index is -0.903. The van der Waals surface area contributed by atoms with Crippen molar-refractivity contribution in [3.8, 4) is 0 Å². The first-order chi connectivity index (χ1) is 15.0. The highest BCUT2D eigenvalue weighted by molar-refractivity contribution is 5.99. The number of nitrogens with zero attached hydrogens (tertiary/aromatic N) is 4. The van der Waals surface area contributed by atoms with Crippen molar-refractivity contribution in [3.05, 3.63) is 72.2 Å². The van der Waals surface area contributed by atoms with Gasteiger partial charge in [-0.2, -0.15) is 0 Å². The number of nitrogens with one attached hydrogen (secondary N) is 1. The molecule has 0 saturated heterocycles. The smallest absolute Gasteiger partial charge is 0.236 e. The van der Waals surface area contributed by atoms with E-state index < -0.39 is 11.5 Å². The Labute approximate surface area is 179 Å². The molecule has 31 heavy (non-hydrogen) atoms. The third-order valence-electron chi connectivity index (χ3n) is 6.07. The molecule has 8 heteroatoms. The van der Waals surface area contributed by atoms with Gasteiger partial charge in [-0.1, -0.05) is 0 Å². The molecule has 2 aliphatic rings. The Balaban J connectivity index is 1.46. The topological polar surface area (TPSA) is 91.2 Å². The predicted molar refractivity (Wildman–Crippen MR) is 114 cm³/mol. The maximum absolute atomic E-state index is 13.2. The minimum Gasteiger partial charge on any atom is -0.393 e. The van der Waals surface area contributed by atoms with Gasteiger partial charge in [-0.15, -0.1) is 0 Å². The summed E-state index contributed by atoms with van der Waals surface area (Å²) >= 11 is 0. The van der Waals surface area contributed by atoms with Gasteiger partial charge >= 0.3 is 0 Å². The second kappa shape index (κ2) is 7.70. The summed E-state index contributed by atoms with van der Waals surface area (Å²) in [5, 5.41) is 12.9. The largest absolute Gasteiger partial charge is 0.393 e. The quantitative estimate of drug-likeness (QED) is 0.675. The van der Waals surface area contributed by atoms with Gasteiger partial charge in [0.15, 0.2) is 0 Å². The van der Waals surface area contributed by atoms with Gasteiger partial charge in [-0.05, 0) is 68.1 Å². The van der Waals surface area contributed by atoms with Crippen LogP contribution in [0.3, 0.4) is 0 Å². The van der Waals surface area contributed by atoms with Crippen molar-refractivity contribution in [1.29, 1.82) is 0 Å². The van der Waals surface area contributed by atoms with Crippen LogP contribution in [0.5, 0.6) is 0 Å². The summed E-state index contributed by atoms with van der Waals surface area (Å²) in [6.07, 6.45) is 5.03. The predicted octanol–water partition coefficient (Wildman–Crippen LogP) is 3.13. The summed E-state index contributed by atoms with van der Waals surface area (Å²) in [7, 11) is 0. The zero-order valence-electron chi connectivity index (χ0n) is 16.8. The molecule has 2 N–H and O–H groups in total. The lowest BCUT2D eigenvalue weighted by Crippen LogP contribution is -2.53. The van der Waals surface area contributed by atoms with E-state index in [1.165, 1.54) is 30.6 Å². The number of carbonyl (C=O) groups excluding carboxylic acids is 1. The van der Waals surface area contributed by atoms with Gasteiger partial charge in [-0.3, -0.25) is 9.78 Å². The van der Waals surface area contributed by atoms with Crippen molar-refractivity contribution in [2.24, 2.45) is 0 Å². The van der Waals surface area contributed by atoms with Crippen LogP contribution in [0.15, 0.2) is 55.0 Å². The zero-order chi connectivity index (χ0) is 21.4. The maximum atomic E-state index is 13.2. The molecule has 1 aromatic carbocycles. The van der Waals surface area contributed by atoms with Crippen LogP contribution in [-0.4, -0.2) is 38.6 Å². The Bertz CT molecular complexity index is 1100. The second-order valence-corrected chi connectivity index (χ2v) is 8.09. The van der Waals surface area contributed by atoms with Gasteiger partial charge in [0, 0.05) is 18.4 Å². The molecule has 0 atom stereocenters. The molecule has 0 radical (unpaired) electrons. The van der Waals surface area contributed by atoms with Crippen molar-refractivity contribution >= 4 is 23.1 Å². The number of hydrogen-bond donors (Lipinski definition) is 2. The van der Waals surface area contributed by atoms with Gasteiger partial charge in [-0.25, -0.2) is 14.4 Å². The third-order valence-corrected chi connectivity index (χ3v) is 6.07. The molecule has 5 rings (SSSR count). The van der Waals surface area contributed by atoms with Crippen LogP contribution in [0.25, 0.3) is 0 Å². The molecule has 1 saturated carbocycles. The molecule has 158 valence electrons. The van der Waals surface area contributed by atoms with E-state index in [0.717, 1.165) is 36.6 Å². The molecule has 7 nitrogen and oxygen atoms in total. The fourth-order valence-corrected chi connectivity index (χ4v) is 4.44. The van der Waals surface area contributed by atoms with Gasteiger partial charge in [0.05, 0.1) is 28.6 Å². The number of aliphatic hydroxyl groups is 1. The number of carbonyl (C=O) groups is 1. The number of aliphatic hydroxyl groups excluding tert-OH is 1. The van der Waals surface area contributed by atoms with Crippen LogP contribution in [0.4, 0.5) is 21.6 Å². The van der Waals surface area contributed by atoms with E-state index >= 15 is 0 Å². The van der Waals surface area contributed by atoms with Crippen LogP contribution in [0, 0.1) is 5.82 Å². The first-order valence-corrected chi connectivity index (χ1v) is 10.3. The Morgan fingerprint density at radius 1 is 1.16 bits per heavy atom. The normalized spacial score (nSPS) is 22.4. The number of benzene rings is 1. The van der Waals surface area contributed by atoms with Crippen LogP contribution >= 0.6 is 0 Å². The van der Waals surface area contributed by atoms with Gasteiger partial charge in [0.2, 0.25) is 5.91 Å². The summed E-state index contributed by atoms with van der Waals surface area (Å²) in [4.78, 5) is 28.5. The van der Waals surface area contributed by atoms with Crippen molar-refractivity contribution in [2.75, 3.05) is 16.8 Å². The van der Waals surface area contributed by atoms with Crippen LogP contribution < -0.4 is 10.2 Å². The molecular weight excluding hydrogens is 397 g/mol. The fourth-order valence-electron chi connectivity index (χ4n) is 4.44. The van der Waals surface area contributed by atoms with E-state index in [1.54, 1.807) is 6.20 Å². The van der Waals surface area contributed by atoms with E-state index in [0.29, 0.717) is 24.2 Å². The Hall–Kier alpha value is -3.39. The molecule has 0 unspecified atom stereocenters. The van der Waals surface area contributed by atoms with E-state index in [9.17, 15) is 14.3 Å². The van der Waals surface area contributed by atoms with Crippen molar-refractivity contribution in [2.45, 2.75) is 37.2 Å². The average molecular weight is 419 g/mol. The van der Waals surface area contributed by atoms with Crippen LogP contribution in [-0.2, 0) is 16.6 Å². The Kier molecular flexibility index (Phi) is 4.86. The molecule has 3 aromatic rings. The minimum absolute atomic E-state index is 0.236. The number of amides is 1. The highest BCUT2D eigenvalue weighted by Gasteiger charge is 2.52. The molecule has 2 aromatic heterocycles. The third kappa shape index (κ3) is 3.53. The monoisotopic (exact) mass is 419 g/mol. The van der Waals surface area contributed by atoms with E-state index in [-0.39, 0.29) is 11.7 Å². The number of aromatic nitrogens is 3. The van der Waals surface area contributed by atoms with E-state index in [1.807, 2.05) is 18.2 Å². The summed E-state index contributed by atoms with van der Waals surface area (Å²) < 4.78 is 13.2. The lowest BCUT2D eigenvalue weighted by molar-refractivity contribution is -0.129. The highest BCUT2D eigenvalue weighted by Crippen LogP contribution is 2.45. The summed E-state index contributed by atoms with van der Waals surface area (Å²) in [6, 6.07) is 11.4. The number of aryl methyl sites for hydroxylation is 1. The molecule has 0 bridgehead atoms. The SMILES string of the molecule is O=C(Nc1ccc(F)cc1)C1(c2ccc3c(n2)CCCN3c2ccncn2)CC(O)C1. The molecule has 1 fully saturated rings. The molecule has 3 heterocycles. The van der Waals surface area contributed by atoms with Crippen molar-refractivity contribution in [1.82, 2.24) is 15.0 Å². The molecular formula is C23H22FN5O2. The molecule has 0 spiro atoms. The Morgan fingerprint density at radius 2 is 1.97 bits per heavy atom. The number of fused-ring (bicyclic) bond motifs is 1. The van der Waals surface area contributed by atoms with E-state index in [4.69, 9.17) is 4.98 Å². The average Bonchev–Trinajstić information content (AvgIpc) is 2.78. The second-order valence-electron chi connectivity index (χ2n) is 8.09. The summed E-state index contributed by atoms with van der Waals surface area (Å²) in [5.74, 6) is 0.213. The first kappa shape index (κ1) is 19.6. The summed E-state index contributed by atoms with van der Waals surface area (Å²) in [5.41, 5.74) is 2.15. The number of hydrogen-bond acceptors (Lipinski definition) is 6. The highest BCUT2D eigenvalue weighted by atomic mass is 19.1. The number of rotatable bonds is 4. The summed E-state index contributed by atoms with van der Waals surface area (Å²) in [6.45, 7) is 0.833. The lowest BCUT2D eigenvalue weighted by Gasteiger charge is -2.44. The molecule has 1 aliphatic heterocycles. The van der Waals surface area contributed by atoms with E-state index in [2.05, 4.69) is 20.2 Å². The first-order valence-electron chi connectivity index (χ1n) is 10.3. The van der Waals surface area contributed by atoms with Gasteiger partial charge in [0.1, 0.15) is 18.0 Å². The van der Waals surface area contributed by atoms with Gasteiger partial charge in [0.25, 0.3) is 0 Å². The van der Waals surface area contributed by atoms with Gasteiger partial charge < -0.3 is 15.3 Å². The fraction of sp³-hybridized carbons (Fsp3) is 0.304. The Morgan fingerprint density at radius 3 is 2.68 bits per heavy atom. The van der Waals surface area contributed by atoms with Crippen LogP contribution in [0.2, 0.25) is 0 Å². The maximum Gasteiger partial charge on any atom is 0.236 e. The molecule has 1 amide bonds. The molecule has 1 aliphatic carbocycles. The number of pyridine rings is 1. The van der Waals surface area contributed by atoms with Crippen molar-refractivity contribution in [3.63, 3.8) is 0 Å². The zero-order valence-corrected chi connectivity index (χ0v) is 16.8. The lowest BCUT2D eigenvalue weighted by atomic mass is 9.63. The standard InChI is InChI=1S/C23H22FN5O2/c24-15-3-5-16(6-4-15)27-22(31)23(12-17(30)13-23)20-8-7-19-18(28-20)2-1-11-29(19)21-9-10-25-14-26-21/h3-10,14,17,30H,1-2,11-13H2,(H,27,31). The number of anilines is 3. The van der Waals surface area contributed by atoms with Crippen LogP contribution in [0.1, 0.15) is 30.7 Å². The number of halogens is 1.